The fourth-order valence-electron chi connectivity index (χ4n) is 3.65. The number of nitrogens with zero attached hydrogens (tertiary/aromatic N) is 5. The van der Waals surface area contributed by atoms with Crippen molar-refractivity contribution < 1.29 is 4.74 Å². The molecule has 1 unspecified atom stereocenters. The molecule has 7 nitrogen and oxygen atoms in total. The van der Waals surface area contributed by atoms with E-state index in [1.165, 1.54) is 0 Å². The SMILES string of the molecule is c1cc(OCC2CCCN2c2ncnc3[nH]cnc23)c2ccncc2c1. The number of nitrogens with one attached hydrogen (secondary N) is 1. The van der Waals surface area contributed by atoms with Crippen LogP contribution in [0.2, 0.25) is 0 Å². The van der Waals surface area contributed by atoms with Crippen LogP contribution in [-0.4, -0.2) is 44.1 Å². The Morgan fingerprint density at radius 3 is 3.19 bits per heavy atom. The summed E-state index contributed by atoms with van der Waals surface area (Å²) < 4.78 is 6.21. The van der Waals surface area contributed by atoms with Gasteiger partial charge in [0.25, 0.3) is 0 Å². The Kier molecular flexibility index (Phi) is 3.62. The van der Waals surface area contributed by atoms with E-state index in [4.69, 9.17) is 4.74 Å². The predicted molar refractivity (Wildman–Crippen MR) is 99.3 cm³/mol. The number of imidazole rings is 1. The van der Waals surface area contributed by atoms with Gasteiger partial charge in [0.05, 0.1) is 12.4 Å². The number of hydrogen-bond donors (Lipinski definition) is 1. The van der Waals surface area contributed by atoms with Crippen LogP contribution in [0.1, 0.15) is 12.8 Å². The minimum atomic E-state index is 0.266. The summed E-state index contributed by atoms with van der Waals surface area (Å²) in [6, 6.07) is 8.32. The number of aromatic nitrogens is 5. The molecule has 0 saturated carbocycles. The van der Waals surface area contributed by atoms with Crippen molar-refractivity contribution in [3.05, 3.63) is 49.3 Å². The number of hydrogen-bond acceptors (Lipinski definition) is 6. The lowest BCUT2D eigenvalue weighted by atomic mass is 10.1. The van der Waals surface area contributed by atoms with Gasteiger partial charge >= 0.3 is 0 Å². The third-order valence-electron chi connectivity index (χ3n) is 4.92. The normalized spacial score (nSPS) is 17.2. The molecule has 4 aromatic rings. The highest BCUT2D eigenvalue weighted by Crippen LogP contribution is 2.30. The lowest BCUT2D eigenvalue weighted by Gasteiger charge is -2.26. The minimum absolute atomic E-state index is 0.266. The van der Waals surface area contributed by atoms with Gasteiger partial charge in [-0.25, -0.2) is 15.0 Å². The van der Waals surface area contributed by atoms with Crippen LogP contribution in [0.25, 0.3) is 21.9 Å². The molecule has 0 radical (unpaired) electrons. The molecule has 1 aliphatic heterocycles. The van der Waals surface area contributed by atoms with Crippen LogP contribution in [0.3, 0.4) is 0 Å². The van der Waals surface area contributed by atoms with E-state index in [1.54, 1.807) is 18.9 Å². The van der Waals surface area contributed by atoms with E-state index in [0.717, 1.165) is 52.9 Å². The van der Waals surface area contributed by atoms with E-state index in [0.29, 0.717) is 6.61 Å². The third kappa shape index (κ3) is 2.52. The Hall–Kier alpha value is -3.22. The summed E-state index contributed by atoms with van der Waals surface area (Å²) in [4.78, 5) is 22.6. The molecular formula is C19H18N6O. The number of benzene rings is 1. The topological polar surface area (TPSA) is 79.8 Å². The first kappa shape index (κ1) is 15.1. The van der Waals surface area contributed by atoms with Crippen molar-refractivity contribution in [3.63, 3.8) is 0 Å². The second-order valence-corrected chi connectivity index (χ2v) is 6.45. The van der Waals surface area contributed by atoms with E-state index in [1.807, 2.05) is 30.5 Å². The molecule has 1 saturated heterocycles. The Labute approximate surface area is 150 Å². The molecule has 0 bridgehead atoms. The van der Waals surface area contributed by atoms with Gasteiger partial charge in [0, 0.05) is 29.7 Å². The Balaban J connectivity index is 1.40. The second-order valence-electron chi connectivity index (χ2n) is 6.45. The van der Waals surface area contributed by atoms with Gasteiger partial charge in [-0.1, -0.05) is 12.1 Å². The second kappa shape index (κ2) is 6.25. The lowest BCUT2D eigenvalue weighted by Crippen LogP contribution is -2.35. The number of pyridine rings is 1. The maximum absolute atomic E-state index is 6.21. The number of anilines is 1. The molecule has 1 atom stereocenters. The third-order valence-corrected chi connectivity index (χ3v) is 4.92. The first-order chi connectivity index (χ1) is 12.9. The van der Waals surface area contributed by atoms with Crippen LogP contribution < -0.4 is 9.64 Å². The average molecular weight is 346 g/mol. The molecule has 1 fully saturated rings. The molecule has 1 aliphatic rings. The van der Waals surface area contributed by atoms with Gasteiger partial charge in [-0.05, 0) is 25.0 Å². The highest BCUT2D eigenvalue weighted by molar-refractivity contribution is 5.87. The summed E-state index contributed by atoms with van der Waals surface area (Å²) in [7, 11) is 0. The van der Waals surface area contributed by atoms with Crippen LogP contribution in [0.5, 0.6) is 5.75 Å². The average Bonchev–Trinajstić information content (AvgIpc) is 3.35. The smallest absolute Gasteiger partial charge is 0.162 e. The van der Waals surface area contributed by atoms with Crippen molar-refractivity contribution in [2.75, 3.05) is 18.1 Å². The van der Waals surface area contributed by atoms with Gasteiger partial charge in [-0.15, -0.1) is 0 Å². The molecule has 0 spiro atoms. The van der Waals surface area contributed by atoms with Gasteiger partial charge in [-0.2, -0.15) is 0 Å². The minimum Gasteiger partial charge on any atom is -0.491 e. The fourth-order valence-corrected chi connectivity index (χ4v) is 3.65. The molecule has 4 heterocycles. The van der Waals surface area contributed by atoms with E-state index in [2.05, 4.69) is 29.8 Å². The predicted octanol–water partition coefficient (Wildman–Crippen LogP) is 2.95. The first-order valence-electron chi connectivity index (χ1n) is 8.76. The number of rotatable bonds is 4. The van der Waals surface area contributed by atoms with Gasteiger partial charge in [0.2, 0.25) is 0 Å². The van der Waals surface area contributed by atoms with Crippen molar-refractivity contribution in [2.24, 2.45) is 0 Å². The van der Waals surface area contributed by atoms with Crippen LogP contribution in [0.15, 0.2) is 49.3 Å². The van der Waals surface area contributed by atoms with E-state index in [-0.39, 0.29) is 6.04 Å². The molecule has 7 heteroatoms. The molecule has 130 valence electrons. The summed E-state index contributed by atoms with van der Waals surface area (Å²) in [5.74, 6) is 1.77. The Bertz CT molecular complexity index is 1060. The largest absolute Gasteiger partial charge is 0.491 e. The van der Waals surface area contributed by atoms with Gasteiger partial charge < -0.3 is 14.6 Å². The summed E-state index contributed by atoms with van der Waals surface area (Å²) in [6.45, 7) is 1.56. The first-order valence-corrected chi connectivity index (χ1v) is 8.76. The van der Waals surface area contributed by atoms with Crippen molar-refractivity contribution in [3.8, 4) is 5.75 Å². The number of ether oxygens (including phenoxy) is 1. The zero-order valence-electron chi connectivity index (χ0n) is 14.2. The molecule has 1 N–H and O–H groups in total. The van der Waals surface area contributed by atoms with Crippen molar-refractivity contribution in [2.45, 2.75) is 18.9 Å². The number of H-pyrrole nitrogens is 1. The Morgan fingerprint density at radius 2 is 2.19 bits per heavy atom. The zero-order valence-corrected chi connectivity index (χ0v) is 14.2. The van der Waals surface area contributed by atoms with Crippen LogP contribution in [-0.2, 0) is 0 Å². The van der Waals surface area contributed by atoms with Crippen molar-refractivity contribution in [1.29, 1.82) is 0 Å². The monoisotopic (exact) mass is 346 g/mol. The van der Waals surface area contributed by atoms with Crippen LogP contribution in [0, 0.1) is 0 Å². The lowest BCUT2D eigenvalue weighted by molar-refractivity contribution is 0.291. The van der Waals surface area contributed by atoms with Gasteiger partial charge in [-0.3, -0.25) is 4.98 Å². The van der Waals surface area contributed by atoms with Crippen molar-refractivity contribution in [1.82, 2.24) is 24.9 Å². The highest BCUT2D eigenvalue weighted by atomic mass is 16.5. The number of aromatic amines is 1. The molecular weight excluding hydrogens is 328 g/mol. The van der Waals surface area contributed by atoms with Crippen molar-refractivity contribution >= 4 is 27.8 Å². The fraction of sp³-hybridized carbons (Fsp3) is 0.263. The quantitative estimate of drug-likeness (QED) is 0.612. The molecule has 1 aromatic carbocycles. The molecule has 0 aliphatic carbocycles. The van der Waals surface area contributed by atoms with Crippen LogP contribution >= 0.6 is 0 Å². The van der Waals surface area contributed by atoms with Gasteiger partial charge in [0.15, 0.2) is 11.5 Å². The maximum Gasteiger partial charge on any atom is 0.162 e. The summed E-state index contributed by atoms with van der Waals surface area (Å²) in [5.41, 5.74) is 1.58. The summed E-state index contributed by atoms with van der Waals surface area (Å²) >= 11 is 0. The molecule has 3 aromatic heterocycles. The molecule has 0 amide bonds. The van der Waals surface area contributed by atoms with E-state index in [9.17, 15) is 0 Å². The van der Waals surface area contributed by atoms with Crippen LogP contribution in [0.4, 0.5) is 5.82 Å². The maximum atomic E-state index is 6.21. The highest BCUT2D eigenvalue weighted by Gasteiger charge is 2.28. The van der Waals surface area contributed by atoms with E-state index < -0.39 is 0 Å². The summed E-state index contributed by atoms with van der Waals surface area (Å²) in [5, 5.41) is 2.17. The van der Waals surface area contributed by atoms with E-state index >= 15 is 0 Å². The standard InChI is InChI=1S/C19H18N6O/c1-3-13-9-20-7-6-15(13)16(5-1)26-10-14-4-2-8-25(14)19-17-18(22-11-21-17)23-12-24-19/h1,3,5-7,9,11-12,14H,2,4,8,10H2,(H,21,22,23,24). The van der Waals surface area contributed by atoms with Gasteiger partial charge in [0.1, 0.15) is 24.2 Å². The zero-order chi connectivity index (χ0) is 17.3. The molecule has 5 rings (SSSR count). The molecule has 26 heavy (non-hydrogen) atoms. The Morgan fingerprint density at radius 1 is 1.19 bits per heavy atom. The number of fused-ring (bicyclic) bond motifs is 2. The summed E-state index contributed by atoms with van der Waals surface area (Å²) in [6.07, 6.45) is 9.09.